The lowest BCUT2D eigenvalue weighted by molar-refractivity contribution is -0.0339. The normalized spacial score (nSPS) is 13.0. The van der Waals surface area contributed by atoms with Gasteiger partial charge in [0.05, 0.1) is 24.4 Å². The summed E-state index contributed by atoms with van der Waals surface area (Å²) < 4.78 is 17.7. The van der Waals surface area contributed by atoms with E-state index >= 15 is 0 Å². The second-order valence-corrected chi connectivity index (χ2v) is 9.05. The first-order valence-corrected chi connectivity index (χ1v) is 11.5. The van der Waals surface area contributed by atoms with Crippen LogP contribution in [-0.4, -0.2) is 37.6 Å². The summed E-state index contributed by atoms with van der Waals surface area (Å²) in [5.74, 6) is 0. The SMILES string of the molecule is C/C=C/COCCCCC(C)(C)OCCCCC(C)(C)OC/C=C/c1ccccc1. The molecule has 0 atom stereocenters. The second kappa shape index (κ2) is 15.4. The summed E-state index contributed by atoms with van der Waals surface area (Å²) in [6, 6.07) is 10.3. The van der Waals surface area contributed by atoms with Gasteiger partial charge in [0.1, 0.15) is 0 Å². The topological polar surface area (TPSA) is 27.7 Å². The van der Waals surface area contributed by atoms with Gasteiger partial charge in [0, 0.05) is 13.2 Å². The molecule has 0 aromatic heterocycles. The number of rotatable bonds is 17. The summed E-state index contributed by atoms with van der Waals surface area (Å²) in [4.78, 5) is 0. The lowest BCUT2D eigenvalue weighted by Gasteiger charge is -2.27. The smallest absolute Gasteiger partial charge is 0.0657 e. The van der Waals surface area contributed by atoms with Crippen LogP contribution in [0.3, 0.4) is 0 Å². The zero-order valence-corrected chi connectivity index (χ0v) is 20.0. The molecule has 0 saturated heterocycles. The van der Waals surface area contributed by atoms with E-state index in [2.05, 4.69) is 64.1 Å². The van der Waals surface area contributed by atoms with Gasteiger partial charge in [-0.1, -0.05) is 54.6 Å². The summed E-state index contributed by atoms with van der Waals surface area (Å²) in [6.07, 6.45) is 14.8. The van der Waals surface area contributed by atoms with Gasteiger partial charge in [-0.05, 0) is 78.7 Å². The van der Waals surface area contributed by atoms with Crippen LogP contribution in [0.25, 0.3) is 6.08 Å². The minimum atomic E-state index is -0.108. The molecule has 0 saturated carbocycles. The third-order valence-corrected chi connectivity index (χ3v) is 5.11. The number of ether oxygens (including phenoxy) is 3. The largest absolute Gasteiger partial charge is 0.377 e. The molecule has 0 fully saturated rings. The van der Waals surface area contributed by atoms with E-state index in [9.17, 15) is 0 Å². The molecule has 0 aliphatic carbocycles. The van der Waals surface area contributed by atoms with E-state index < -0.39 is 0 Å². The highest BCUT2D eigenvalue weighted by Crippen LogP contribution is 2.21. The minimum Gasteiger partial charge on any atom is -0.377 e. The fourth-order valence-corrected chi connectivity index (χ4v) is 3.17. The molecule has 1 aromatic carbocycles. The van der Waals surface area contributed by atoms with Gasteiger partial charge >= 0.3 is 0 Å². The maximum Gasteiger partial charge on any atom is 0.0657 e. The van der Waals surface area contributed by atoms with Gasteiger partial charge in [-0.3, -0.25) is 0 Å². The highest BCUT2D eigenvalue weighted by atomic mass is 16.5. The van der Waals surface area contributed by atoms with Gasteiger partial charge in [0.2, 0.25) is 0 Å². The molecule has 170 valence electrons. The van der Waals surface area contributed by atoms with Crippen LogP contribution in [0.2, 0.25) is 0 Å². The molecule has 30 heavy (non-hydrogen) atoms. The van der Waals surface area contributed by atoms with Crippen LogP contribution in [0.5, 0.6) is 0 Å². The van der Waals surface area contributed by atoms with Gasteiger partial charge in [0.25, 0.3) is 0 Å². The molecule has 0 heterocycles. The Bertz CT molecular complexity index is 587. The van der Waals surface area contributed by atoms with Crippen LogP contribution in [0, 0.1) is 0 Å². The average molecular weight is 417 g/mol. The Balaban J connectivity index is 2.08. The lowest BCUT2D eigenvalue weighted by Crippen LogP contribution is -2.26. The molecular formula is C27H44O3. The van der Waals surface area contributed by atoms with Crippen molar-refractivity contribution in [2.45, 2.75) is 84.3 Å². The average Bonchev–Trinajstić information content (AvgIpc) is 2.71. The van der Waals surface area contributed by atoms with Crippen molar-refractivity contribution in [3.05, 3.63) is 54.1 Å². The number of unbranched alkanes of at least 4 members (excludes halogenated alkanes) is 2. The molecule has 0 aliphatic heterocycles. The van der Waals surface area contributed by atoms with Crippen molar-refractivity contribution in [2.75, 3.05) is 26.4 Å². The second-order valence-electron chi connectivity index (χ2n) is 9.05. The lowest BCUT2D eigenvalue weighted by atomic mass is 10.00. The molecule has 3 nitrogen and oxygen atoms in total. The first kappa shape index (κ1) is 26.6. The van der Waals surface area contributed by atoms with Gasteiger partial charge in [-0.15, -0.1) is 0 Å². The predicted molar refractivity (Wildman–Crippen MR) is 129 cm³/mol. The van der Waals surface area contributed by atoms with E-state index in [1.165, 1.54) is 5.56 Å². The Morgan fingerprint density at radius 1 is 0.733 bits per heavy atom. The summed E-state index contributed by atoms with van der Waals surface area (Å²) in [5, 5.41) is 0. The van der Waals surface area contributed by atoms with Crippen LogP contribution in [0.15, 0.2) is 48.6 Å². The molecule has 0 unspecified atom stereocenters. The minimum absolute atomic E-state index is 0.0580. The molecule has 1 rings (SSSR count). The van der Waals surface area contributed by atoms with E-state index in [0.29, 0.717) is 6.61 Å². The van der Waals surface area contributed by atoms with Crippen molar-refractivity contribution in [2.24, 2.45) is 0 Å². The van der Waals surface area contributed by atoms with Gasteiger partial charge in [0.15, 0.2) is 0 Å². The predicted octanol–water partition coefficient (Wildman–Crippen LogP) is 7.22. The van der Waals surface area contributed by atoms with Gasteiger partial charge in [-0.2, -0.15) is 0 Å². The van der Waals surface area contributed by atoms with Crippen LogP contribution >= 0.6 is 0 Å². The molecule has 0 spiro atoms. The van der Waals surface area contributed by atoms with E-state index in [-0.39, 0.29) is 11.2 Å². The van der Waals surface area contributed by atoms with Crippen molar-refractivity contribution in [3.8, 4) is 0 Å². The Hall–Kier alpha value is -1.42. The van der Waals surface area contributed by atoms with Crippen molar-refractivity contribution >= 4 is 6.08 Å². The molecule has 0 radical (unpaired) electrons. The zero-order valence-electron chi connectivity index (χ0n) is 20.0. The van der Waals surface area contributed by atoms with Crippen molar-refractivity contribution in [1.29, 1.82) is 0 Å². The molecule has 1 aromatic rings. The Labute approximate surface area is 185 Å². The third-order valence-electron chi connectivity index (χ3n) is 5.11. The summed E-state index contributed by atoms with van der Waals surface area (Å²) in [6.45, 7) is 13.8. The monoisotopic (exact) mass is 416 g/mol. The summed E-state index contributed by atoms with van der Waals surface area (Å²) in [5.41, 5.74) is 1.04. The zero-order chi connectivity index (χ0) is 22.1. The highest BCUT2D eigenvalue weighted by Gasteiger charge is 2.19. The van der Waals surface area contributed by atoms with Gasteiger partial charge < -0.3 is 14.2 Å². The van der Waals surface area contributed by atoms with Crippen LogP contribution in [0.1, 0.15) is 78.7 Å². The fourth-order valence-electron chi connectivity index (χ4n) is 3.17. The summed E-state index contributed by atoms with van der Waals surface area (Å²) in [7, 11) is 0. The number of hydrogen-bond acceptors (Lipinski definition) is 3. The van der Waals surface area contributed by atoms with Crippen LogP contribution in [-0.2, 0) is 14.2 Å². The van der Waals surface area contributed by atoms with Gasteiger partial charge in [-0.25, -0.2) is 0 Å². The third kappa shape index (κ3) is 14.5. The van der Waals surface area contributed by atoms with Crippen molar-refractivity contribution in [1.82, 2.24) is 0 Å². The maximum absolute atomic E-state index is 6.13. The quantitative estimate of drug-likeness (QED) is 0.198. The number of hydrogen-bond donors (Lipinski definition) is 0. The Morgan fingerprint density at radius 2 is 1.37 bits per heavy atom. The van der Waals surface area contributed by atoms with E-state index in [0.717, 1.165) is 58.3 Å². The van der Waals surface area contributed by atoms with Crippen LogP contribution < -0.4 is 0 Å². The molecule has 0 bridgehead atoms. The van der Waals surface area contributed by atoms with E-state index in [1.54, 1.807) is 0 Å². The molecule has 0 amide bonds. The van der Waals surface area contributed by atoms with Crippen molar-refractivity contribution in [3.63, 3.8) is 0 Å². The van der Waals surface area contributed by atoms with E-state index in [4.69, 9.17) is 14.2 Å². The number of allylic oxidation sites excluding steroid dienone is 1. The molecule has 3 heteroatoms. The highest BCUT2D eigenvalue weighted by molar-refractivity contribution is 5.48. The first-order chi connectivity index (χ1) is 14.3. The van der Waals surface area contributed by atoms with E-state index in [1.807, 2.05) is 25.1 Å². The standard InChI is InChI=1S/C27H44O3/c1-6-7-21-28-22-13-11-19-26(2,3)29-23-14-12-20-27(4,5)30-24-15-18-25-16-9-8-10-17-25/h6-10,15-18H,11-14,19-24H2,1-5H3/b7-6+,18-15+. The molecular weight excluding hydrogens is 372 g/mol. The first-order valence-electron chi connectivity index (χ1n) is 11.5. The Morgan fingerprint density at radius 3 is 2.03 bits per heavy atom. The Kier molecular flexibility index (Phi) is 13.7. The maximum atomic E-state index is 6.13. The fraction of sp³-hybridized carbons (Fsp3) is 0.630. The van der Waals surface area contributed by atoms with Crippen LogP contribution in [0.4, 0.5) is 0 Å². The molecule has 0 N–H and O–H groups in total. The van der Waals surface area contributed by atoms with Crippen molar-refractivity contribution < 1.29 is 14.2 Å². The number of benzene rings is 1. The summed E-state index contributed by atoms with van der Waals surface area (Å²) >= 11 is 0. The molecule has 0 aliphatic rings.